The van der Waals surface area contributed by atoms with Crippen molar-refractivity contribution in [1.82, 2.24) is 10.3 Å². The molecule has 0 bridgehead atoms. The third kappa shape index (κ3) is 4.21. The number of aromatic nitrogens is 1. The lowest BCUT2D eigenvalue weighted by Gasteiger charge is -2.11. The number of ether oxygens (including phenoxy) is 1. The quantitative estimate of drug-likeness (QED) is 0.677. The molecule has 6 heteroatoms. The van der Waals surface area contributed by atoms with Crippen LogP contribution in [0.2, 0.25) is 5.15 Å². The number of carbonyl (C=O) groups is 2. The second-order valence-corrected chi connectivity index (χ2v) is 4.88. The molecule has 0 atom stereocenters. The second kappa shape index (κ2) is 6.52. The van der Waals surface area contributed by atoms with Crippen molar-refractivity contribution in [2.24, 2.45) is 0 Å². The van der Waals surface area contributed by atoms with Gasteiger partial charge >= 0.3 is 5.97 Å². The van der Waals surface area contributed by atoms with E-state index in [0.717, 1.165) is 25.7 Å². The highest BCUT2D eigenvalue weighted by Crippen LogP contribution is 2.17. The van der Waals surface area contributed by atoms with Gasteiger partial charge in [0.15, 0.2) is 6.61 Å². The number of hydrogen-bond donors (Lipinski definition) is 1. The lowest BCUT2D eigenvalue weighted by Crippen LogP contribution is -2.35. The van der Waals surface area contributed by atoms with Gasteiger partial charge in [0, 0.05) is 12.2 Å². The van der Waals surface area contributed by atoms with Crippen molar-refractivity contribution < 1.29 is 14.3 Å². The Balaban J connectivity index is 1.78. The predicted octanol–water partition coefficient (Wildman–Crippen LogP) is 1.95. The highest BCUT2D eigenvalue weighted by molar-refractivity contribution is 6.29. The monoisotopic (exact) mass is 282 g/mol. The third-order valence-corrected chi connectivity index (χ3v) is 3.22. The Hall–Kier alpha value is -1.62. The van der Waals surface area contributed by atoms with Crippen LogP contribution in [-0.4, -0.2) is 29.5 Å². The van der Waals surface area contributed by atoms with E-state index >= 15 is 0 Å². The fraction of sp³-hybridized carbons (Fsp3) is 0.462. The fourth-order valence-electron chi connectivity index (χ4n) is 2.08. The average molecular weight is 283 g/mol. The van der Waals surface area contributed by atoms with Crippen molar-refractivity contribution in [2.75, 3.05) is 6.61 Å². The number of hydrogen-bond acceptors (Lipinski definition) is 4. The molecule has 1 aliphatic carbocycles. The number of pyridine rings is 1. The number of halogens is 1. The number of rotatable bonds is 4. The summed E-state index contributed by atoms with van der Waals surface area (Å²) in [6.07, 6.45) is 5.69. The van der Waals surface area contributed by atoms with E-state index < -0.39 is 5.97 Å². The number of nitrogens with one attached hydrogen (secondary N) is 1. The van der Waals surface area contributed by atoms with Crippen LogP contribution in [0.4, 0.5) is 0 Å². The van der Waals surface area contributed by atoms with Crippen LogP contribution in [0, 0.1) is 0 Å². The van der Waals surface area contributed by atoms with Gasteiger partial charge in [0.25, 0.3) is 5.91 Å². The molecular weight excluding hydrogens is 268 g/mol. The van der Waals surface area contributed by atoms with Gasteiger partial charge in [-0.3, -0.25) is 4.79 Å². The molecule has 1 aromatic rings. The minimum absolute atomic E-state index is 0.213. The van der Waals surface area contributed by atoms with Crippen molar-refractivity contribution >= 4 is 23.5 Å². The first kappa shape index (κ1) is 13.8. The van der Waals surface area contributed by atoms with Crippen LogP contribution in [0.15, 0.2) is 18.3 Å². The topological polar surface area (TPSA) is 68.3 Å². The van der Waals surface area contributed by atoms with Gasteiger partial charge in [-0.2, -0.15) is 0 Å². The summed E-state index contributed by atoms with van der Waals surface area (Å²) >= 11 is 5.67. The molecule has 1 amide bonds. The van der Waals surface area contributed by atoms with E-state index in [9.17, 15) is 9.59 Å². The molecule has 102 valence electrons. The number of amides is 1. The first-order valence-corrected chi connectivity index (χ1v) is 6.61. The molecule has 2 rings (SSSR count). The molecule has 0 aromatic carbocycles. The van der Waals surface area contributed by atoms with E-state index in [2.05, 4.69) is 10.3 Å². The standard InChI is InChI=1S/C13H15ClN2O3/c14-11-7-9(5-6-15-11)13(18)19-8-12(17)16-10-3-1-2-4-10/h5-7,10H,1-4,8H2,(H,16,17). The van der Waals surface area contributed by atoms with E-state index in [1.165, 1.54) is 18.3 Å². The summed E-state index contributed by atoms with van der Waals surface area (Å²) < 4.78 is 4.92. The number of esters is 1. The van der Waals surface area contributed by atoms with Crippen LogP contribution in [-0.2, 0) is 9.53 Å². The maximum Gasteiger partial charge on any atom is 0.338 e. The number of nitrogens with zero attached hydrogens (tertiary/aromatic N) is 1. The van der Waals surface area contributed by atoms with Crippen LogP contribution in [0.3, 0.4) is 0 Å². The first-order chi connectivity index (χ1) is 9.15. The molecule has 1 aromatic heterocycles. The highest BCUT2D eigenvalue weighted by Gasteiger charge is 2.18. The van der Waals surface area contributed by atoms with Gasteiger partial charge in [0.1, 0.15) is 5.15 Å². The largest absolute Gasteiger partial charge is 0.452 e. The summed E-state index contributed by atoms with van der Waals surface area (Å²) in [6, 6.07) is 3.11. The lowest BCUT2D eigenvalue weighted by atomic mass is 10.2. The molecule has 1 aliphatic rings. The van der Waals surface area contributed by atoms with Gasteiger partial charge in [-0.25, -0.2) is 9.78 Å². The highest BCUT2D eigenvalue weighted by atomic mass is 35.5. The van der Waals surface area contributed by atoms with Crippen molar-refractivity contribution in [3.8, 4) is 0 Å². The zero-order valence-corrected chi connectivity index (χ0v) is 11.2. The Kier molecular flexibility index (Phi) is 4.74. The van der Waals surface area contributed by atoms with Gasteiger partial charge in [0.2, 0.25) is 0 Å². The molecule has 0 saturated heterocycles. The van der Waals surface area contributed by atoms with Crippen LogP contribution < -0.4 is 5.32 Å². The molecule has 1 saturated carbocycles. The van der Waals surface area contributed by atoms with E-state index in [1.54, 1.807) is 0 Å². The molecule has 0 radical (unpaired) electrons. The Labute approximate surface area is 116 Å². The fourth-order valence-corrected chi connectivity index (χ4v) is 2.26. The average Bonchev–Trinajstić information content (AvgIpc) is 2.88. The van der Waals surface area contributed by atoms with Crippen molar-refractivity contribution in [3.63, 3.8) is 0 Å². The molecule has 1 N–H and O–H groups in total. The van der Waals surface area contributed by atoms with Crippen LogP contribution in [0.5, 0.6) is 0 Å². The lowest BCUT2D eigenvalue weighted by molar-refractivity contribution is -0.124. The third-order valence-electron chi connectivity index (χ3n) is 3.02. The zero-order chi connectivity index (χ0) is 13.7. The Bertz CT molecular complexity index is 473. The van der Waals surface area contributed by atoms with E-state index in [-0.39, 0.29) is 29.3 Å². The molecule has 19 heavy (non-hydrogen) atoms. The van der Waals surface area contributed by atoms with E-state index in [0.29, 0.717) is 0 Å². The van der Waals surface area contributed by atoms with Crippen molar-refractivity contribution in [3.05, 3.63) is 29.0 Å². The van der Waals surface area contributed by atoms with Gasteiger partial charge in [-0.15, -0.1) is 0 Å². The van der Waals surface area contributed by atoms with E-state index in [4.69, 9.17) is 16.3 Å². The first-order valence-electron chi connectivity index (χ1n) is 6.23. The van der Waals surface area contributed by atoms with E-state index in [1.807, 2.05) is 0 Å². The van der Waals surface area contributed by atoms with Crippen LogP contribution in [0.1, 0.15) is 36.0 Å². The molecule has 5 nitrogen and oxygen atoms in total. The Morgan fingerprint density at radius 1 is 1.42 bits per heavy atom. The number of carbonyl (C=O) groups excluding carboxylic acids is 2. The normalized spacial score (nSPS) is 15.2. The summed E-state index contributed by atoms with van der Waals surface area (Å²) in [5, 5.41) is 3.06. The summed E-state index contributed by atoms with van der Waals surface area (Å²) in [4.78, 5) is 27.0. The van der Waals surface area contributed by atoms with Crippen LogP contribution >= 0.6 is 11.6 Å². The van der Waals surface area contributed by atoms with Crippen molar-refractivity contribution in [1.29, 1.82) is 0 Å². The Morgan fingerprint density at radius 2 is 2.16 bits per heavy atom. The maximum atomic E-state index is 11.6. The maximum absolute atomic E-state index is 11.6. The molecule has 0 spiro atoms. The minimum atomic E-state index is -0.578. The van der Waals surface area contributed by atoms with Gasteiger partial charge in [0.05, 0.1) is 5.56 Å². The molecule has 0 aliphatic heterocycles. The van der Waals surface area contributed by atoms with Crippen molar-refractivity contribution in [2.45, 2.75) is 31.7 Å². The zero-order valence-electron chi connectivity index (χ0n) is 10.4. The van der Waals surface area contributed by atoms with Gasteiger partial charge < -0.3 is 10.1 Å². The molecule has 1 heterocycles. The smallest absolute Gasteiger partial charge is 0.338 e. The van der Waals surface area contributed by atoms with Gasteiger partial charge in [-0.05, 0) is 25.0 Å². The molecule has 0 unspecified atom stereocenters. The second-order valence-electron chi connectivity index (χ2n) is 4.49. The molecule has 1 fully saturated rings. The predicted molar refractivity (Wildman–Crippen MR) is 69.9 cm³/mol. The minimum Gasteiger partial charge on any atom is -0.452 e. The summed E-state index contributed by atoms with van der Waals surface area (Å²) in [6.45, 7) is -0.269. The molecular formula is C13H15ClN2O3. The van der Waals surface area contributed by atoms with Crippen LogP contribution in [0.25, 0.3) is 0 Å². The van der Waals surface area contributed by atoms with Gasteiger partial charge in [-0.1, -0.05) is 24.4 Å². The summed E-state index contributed by atoms with van der Waals surface area (Å²) in [5.41, 5.74) is 0.286. The summed E-state index contributed by atoms with van der Waals surface area (Å²) in [5.74, 6) is -0.841. The summed E-state index contributed by atoms with van der Waals surface area (Å²) in [7, 11) is 0. The Morgan fingerprint density at radius 3 is 2.84 bits per heavy atom. The SMILES string of the molecule is O=C(COC(=O)c1ccnc(Cl)c1)NC1CCCC1.